The second-order valence-electron chi connectivity index (χ2n) is 0.759. The number of rotatable bonds is 0. The van der Waals surface area contributed by atoms with Crippen LogP contribution in [-0.4, -0.2) is 25.5 Å². The van der Waals surface area contributed by atoms with Gasteiger partial charge in [-0.3, -0.25) is 0 Å². The molecule has 0 atom stereocenters. The molecule has 0 heterocycles. The summed E-state index contributed by atoms with van der Waals surface area (Å²) in [6.07, 6.45) is -1.25. The molecule has 0 aliphatic rings. The first-order valence-corrected chi connectivity index (χ1v) is 1.74. The van der Waals surface area contributed by atoms with Crippen molar-refractivity contribution in [3.05, 3.63) is 7.11 Å². The molecule has 4 nitrogen and oxygen atoms in total. The van der Waals surface area contributed by atoms with Crippen LogP contribution in [0.15, 0.2) is 0 Å². The average Bonchev–Trinajstić information content (AvgIpc) is 1.69. The van der Waals surface area contributed by atoms with Crippen molar-refractivity contribution >= 4 is 6.16 Å². The summed E-state index contributed by atoms with van der Waals surface area (Å²) < 4.78 is 7.67. The first-order chi connectivity index (χ1) is 3.68. The fourth-order valence-electron chi connectivity index (χ4n) is 0. The van der Waals surface area contributed by atoms with E-state index < -0.39 is 6.16 Å². The molecule has 0 aromatic rings. The number of carboxylic acid groups (broad SMARTS) is 1. The maximum atomic E-state index is 9.15. The minimum atomic E-state index is -1.25. The Bertz CT molecular complexity index is 56.5. The molecule has 0 aromatic carbocycles. The quantitative estimate of drug-likeness (QED) is 0.529. The van der Waals surface area contributed by atoms with Gasteiger partial charge in [0.05, 0.1) is 7.11 Å². The first kappa shape index (κ1) is 15.9. The van der Waals surface area contributed by atoms with Gasteiger partial charge < -0.3 is 14.6 Å². The summed E-state index contributed by atoms with van der Waals surface area (Å²) in [7, 11) is 5.60. The Labute approximate surface area is 67.5 Å². The minimum Gasteiger partial charge on any atom is -0.557 e. The van der Waals surface area contributed by atoms with Gasteiger partial charge in [-0.15, -0.1) is 0 Å². The third kappa shape index (κ3) is 77.1. The van der Waals surface area contributed by atoms with Gasteiger partial charge >= 0.3 is 6.16 Å². The van der Waals surface area contributed by atoms with Crippen molar-refractivity contribution < 1.29 is 39.5 Å². The number of methoxy groups -OCH3 is 2. The molecular weight excluding hydrogens is 304 g/mol. The van der Waals surface area contributed by atoms with Crippen LogP contribution < -0.4 is 0 Å². The molecule has 0 unspecified atom stereocenters. The molecule has 0 aromatic heterocycles. The van der Waals surface area contributed by atoms with E-state index in [1.807, 2.05) is 0 Å². The number of carbonyl (C=O) groups is 1. The van der Waals surface area contributed by atoms with E-state index in [0.717, 1.165) is 7.11 Å². The number of ether oxygens (including phenoxy) is 2. The van der Waals surface area contributed by atoms with Crippen LogP contribution in [0.5, 0.6) is 0 Å². The Hall–Kier alpha value is -0.121. The standard InChI is InChI=1S/C2H4O3.C2H5O.Ir/c1-5-2(3)4;1-3-2;/h1H3,(H,3,4);1H2,2H3;/q;-1;. The van der Waals surface area contributed by atoms with Crippen molar-refractivity contribution in [3.63, 3.8) is 0 Å². The van der Waals surface area contributed by atoms with Crippen LogP contribution in [0.1, 0.15) is 0 Å². The van der Waals surface area contributed by atoms with Crippen LogP contribution in [-0.2, 0) is 29.6 Å². The summed E-state index contributed by atoms with van der Waals surface area (Å²) in [4.78, 5) is 9.15. The van der Waals surface area contributed by atoms with Crippen LogP contribution in [0.4, 0.5) is 4.79 Å². The maximum absolute atomic E-state index is 9.15. The molecule has 0 saturated carbocycles. The fourth-order valence-corrected chi connectivity index (χ4v) is 0. The average molecular weight is 313 g/mol. The maximum Gasteiger partial charge on any atom is 0.505 e. The Kier molecular flexibility index (Phi) is 27.8. The molecule has 5 heteroatoms. The molecule has 0 fully saturated rings. The molecule has 0 saturated heterocycles. The Morgan fingerprint density at radius 3 is 1.67 bits per heavy atom. The summed E-state index contributed by atoms with van der Waals surface area (Å²) in [5.41, 5.74) is 0. The normalized spacial score (nSPS) is 5.67. The zero-order chi connectivity index (χ0) is 6.99. The van der Waals surface area contributed by atoms with Gasteiger partial charge in [-0.25, -0.2) is 11.9 Å². The van der Waals surface area contributed by atoms with Gasteiger partial charge in [0.15, 0.2) is 0 Å². The van der Waals surface area contributed by atoms with E-state index in [-0.39, 0.29) is 20.1 Å². The molecule has 0 aliphatic carbocycles. The second-order valence-corrected chi connectivity index (χ2v) is 0.759. The van der Waals surface area contributed by atoms with E-state index in [0.29, 0.717) is 0 Å². The van der Waals surface area contributed by atoms with Crippen molar-refractivity contribution in [3.8, 4) is 0 Å². The van der Waals surface area contributed by atoms with Crippen molar-refractivity contribution in [2.75, 3.05) is 14.2 Å². The van der Waals surface area contributed by atoms with Crippen LogP contribution in [0, 0.1) is 7.11 Å². The van der Waals surface area contributed by atoms with E-state index in [1.54, 1.807) is 0 Å². The predicted octanol–water partition coefficient (Wildman–Crippen LogP) is 0.733. The summed E-state index contributed by atoms with van der Waals surface area (Å²) in [5.74, 6) is 0. The molecule has 0 aliphatic heterocycles. The van der Waals surface area contributed by atoms with Gasteiger partial charge in [-0.1, -0.05) is 0 Å². The molecule has 9 heavy (non-hydrogen) atoms. The fraction of sp³-hybridized carbons (Fsp3) is 0.500. The molecule has 0 rings (SSSR count). The Morgan fingerprint density at radius 1 is 1.56 bits per heavy atom. The van der Waals surface area contributed by atoms with E-state index in [2.05, 4.69) is 16.6 Å². The molecule has 1 radical (unpaired) electrons. The van der Waals surface area contributed by atoms with Crippen molar-refractivity contribution in [1.82, 2.24) is 0 Å². The van der Waals surface area contributed by atoms with Crippen LogP contribution >= 0.6 is 0 Å². The minimum absolute atomic E-state index is 0. The van der Waals surface area contributed by atoms with Gasteiger partial charge in [-0.2, -0.15) is 0 Å². The third-order valence-electron chi connectivity index (χ3n) is 0.175. The SMILES string of the molecule is COC(=O)O.[CH2-]OC.[Ir]. The third-order valence-corrected chi connectivity index (χ3v) is 0.175. The second kappa shape index (κ2) is 15.7. The molecule has 0 spiro atoms. The smallest absolute Gasteiger partial charge is 0.505 e. The zero-order valence-corrected chi connectivity index (χ0v) is 7.61. The first-order valence-electron chi connectivity index (χ1n) is 1.74. The summed E-state index contributed by atoms with van der Waals surface area (Å²) in [5, 5.41) is 7.50. The van der Waals surface area contributed by atoms with Crippen LogP contribution in [0.2, 0.25) is 0 Å². The van der Waals surface area contributed by atoms with Gasteiger partial charge in [0.2, 0.25) is 0 Å². The Morgan fingerprint density at radius 2 is 1.67 bits per heavy atom. The molecule has 59 valence electrons. The van der Waals surface area contributed by atoms with Gasteiger partial charge in [0.25, 0.3) is 0 Å². The van der Waals surface area contributed by atoms with Crippen molar-refractivity contribution in [1.29, 1.82) is 0 Å². The topological polar surface area (TPSA) is 55.8 Å². The largest absolute Gasteiger partial charge is 0.557 e. The Balaban J connectivity index is -0.0000000800. The van der Waals surface area contributed by atoms with E-state index in [9.17, 15) is 0 Å². The zero-order valence-electron chi connectivity index (χ0n) is 5.21. The molecule has 0 amide bonds. The summed E-state index contributed by atoms with van der Waals surface area (Å²) in [6, 6.07) is 0. The monoisotopic (exact) mass is 314 g/mol. The number of hydrogen-bond acceptors (Lipinski definition) is 3. The van der Waals surface area contributed by atoms with E-state index in [1.165, 1.54) is 7.11 Å². The van der Waals surface area contributed by atoms with Crippen LogP contribution in [0.25, 0.3) is 0 Å². The van der Waals surface area contributed by atoms with E-state index >= 15 is 0 Å². The number of hydrogen-bond donors (Lipinski definition) is 1. The van der Waals surface area contributed by atoms with E-state index in [4.69, 9.17) is 9.90 Å². The molecule has 0 bridgehead atoms. The molecule has 1 N–H and O–H groups in total. The molecular formula is C4H9IrO4-. The van der Waals surface area contributed by atoms with Gasteiger partial charge in [-0.05, 0) is 7.11 Å². The van der Waals surface area contributed by atoms with Gasteiger partial charge in [0.1, 0.15) is 0 Å². The van der Waals surface area contributed by atoms with Crippen LogP contribution in [0.3, 0.4) is 0 Å². The predicted molar refractivity (Wildman–Crippen MR) is 27.4 cm³/mol. The summed E-state index contributed by atoms with van der Waals surface area (Å²) >= 11 is 0. The van der Waals surface area contributed by atoms with Gasteiger partial charge in [0, 0.05) is 20.1 Å². The summed E-state index contributed by atoms with van der Waals surface area (Å²) in [6.45, 7) is 0. The van der Waals surface area contributed by atoms with Crippen molar-refractivity contribution in [2.24, 2.45) is 0 Å². The van der Waals surface area contributed by atoms with Crippen molar-refractivity contribution in [2.45, 2.75) is 0 Å².